The van der Waals surface area contributed by atoms with E-state index >= 15 is 0 Å². The number of fused-ring (bicyclic) bond motifs is 1. The number of hydrogen-bond donors (Lipinski definition) is 1. The van der Waals surface area contributed by atoms with Gasteiger partial charge in [0, 0.05) is 19.1 Å². The van der Waals surface area contributed by atoms with Gasteiger partial charge < -0.3 is 14.6 Å². The molecule has 2 rings (SSSR count). The van der Waals surface area contributed by atoms with Gasteiger partial charge in [-0.25, -0.2) is 9.78 Å². The molecule has 9 heteroatoms. The van der Waals surface area contributed by atoms with Gasteiger partial charge in [-0.2, -0.15) is 14.6 Å². The van der Waals surface area contributed by atoms with E-state index in [1.807, 2.05) is 0 Å². The van der Waals surface area contributed by atoms with E-state index in [1.165, 1.54) is 19.3 Å². The third-order valence-corrected chi connectivity index (χ3v) is 2.36. The molecule has 0 aromatic carbocycles. The number of nitrogens with zero attached hydrogens (tertiary/aromatic N) is 4. The molecule has 0 radical (unpaired) electrons. The fourth-order valence-corrected chi connectivity index (χ4v) is 1.55. The van der Waals surface area contributed by atoms with Gasteiger partial charge in [0.2, 0.25) is 12.2 Å². The molecular weight excluding hydrogens is 280 g/mol. The third kappa shape index (κ3) is 3.53. The van der Waals surface area contributed by atoms with E-state index in [-0.39, 0.29) is 23.8 Å². The van der Waals surface area contributed by atoms with E-state index in [4.69, 9.17) is 9.47 Å². The molecule has 21 heavy (non-hydrogen) atoms. The Kier molecular flexibility index (Phi) is 4.12. The Labute approximate surface area is 118 Å². The summed E-state index contributed by atoms with van der Waals surface area (Å²) in [5.41, 5.74) is 0.250. The molecule has 0 spiro atoms. The monoisotopic (exact) mass is 292 g/mol. The number of rotatable bonds is 5. The number of aromatic hydroxyl groups is 1. The standard InChI is InChI=1S/C12H12N4O5/c1-3-10(18)20-7(2)21-11(19)5-8-4-9(17)16-12(15-8)13-6-14-16/h3-4,6-7,17H,1,5H2,2H3. The summed E-state index contributed by atoms with van der Waals surface area (Å²) >= 11 is 0. The second-order valence-corrected chi connectivity index (χ2v) is 3.95. The minimum Gasteiger partial charge on any atom is -0.493 e. The van der Waals surface area contributed by atoms with Crippen LogP contribution in [-0.4, -0.2) is 42.9 Å². The van der Waals surface area contributed by atoms with Crippen LogP contribution in [0.5, 0.6) is 5.88 Å². The lowest BCUT2D eigenvalue weighted by Crippen LogP contribution is -2.22. The van der Waals surface area contributed by atoms with Gasteiger partial charge >= 0.3 is 11.9 Å². The molecule has 0 aliphatic rings. The first-order chi connectivity index (χ1) is 9.99. The summed E-state index contributed by atoms with van der Waals surface area (Å²) in [4.78, 5) is 30.4. The Balaban J connectivity index is 2.01. The molecule has 0 fully saturated rings. The van der Waals surface area contributed by atoms with Crippen molar-refractivity contribution in [1.29, 1.82) is 0 Å². The van der Waals surface area contributed by atoms with Crippen molar-refractivity contribution < 1.29 is 24.2 Å². The van der Waals surface area contributed by atoms with Crippen molar-refractivity contribution >= 4 is 17.7 Å². The van der Waals surface area contributed by atoms with Crippen LogP contribution in [0.4, 0.5) is 0 Å². The Morgan fingerprint density at radius 3 is 3.00 bits per heavy atom. The molecule has 2 aromatic rings. The van der Waals surface area contributed by atoms with Crippen LogP contribution in [0.3, 0.4) is 0 Å². The quantitative estimate of drug-likeness (QED) is 0.464. The Bertz CT molecular complexity index is 696. The highest BCUT2D eigenvalue weighted by Crippen LogP contribution is 2.12. The zero-order valence-electron chi connectivity index (χ0n) is 11.1. The second-order valence-electron chi connectivity index (χ2n) is 3.95. The average molecular weight is 292 g/mol. The highest BCUT2D eigenvalue weighted by Gasteiger charge is 2.15. The molecule has 0 saturated carbocycles. The summed E-state index contributed by atoms with van der Waals surface area (Å²) in [6.45, 7) is 4.62. The Morgan fingerprint density at radius 2 is 2.29 bits per heavy atom. The number of ether oxygens (including phenoxy) is 2. The fraction of sp³-hybridized carbons (Fsp3) is 0.250. The molecule has 2 heterocycles. The minimum absolute atomic E-state index is 0.156. The predicted octanol–water partition coefficient (Wildman–Crippen LogP) is -0.00920. The summed E-state index contributed by atoms with van der Waals surface area (Å²) in [6.07, 6.45) is 0.922. The summed E-state index contributed by atoms with van der Waals surface area (Å²) in [7, 11) is 0. The van der Waals surface area contributed by atoms with Crippen LogP contribution in [-0.2, 0) is 25.5 Å². The van der Waals surface area contributed by atoms with Crippen LogP contribution in [0, 0.1) is 0 Å². The molecule has 0 aliphatic heterocycles. The maximum atomic E-state index is 11.7. The summed E-state index contributed by atoms with van der Waals surface area (Å²) in [5, 5.41) is 13.4. The average Bonchev–Trinajstić information content (AvgIpc) is 2.86. The SMILES string of the molecule is C=CC(=O)OC(C)OC(=O)Cc1cc(O)n2ncnc2n1. The van der Waals surface area contributed by atoms with Gasteiger partial charge in [-0.15, -0.1) is 0 Å². The van der Waals surface area contributed by atoms with Crippen molar-refractivity contribution in [3.8, 4) is 5.88 Å². The molecule has 0 aliphatic carbocycles. The number of carbonyl (C=O) groups is 2. The van der Waals surface area contributed by atoms with Gasteiger partial charge in [0.15, 0.2) is 0 Å². The lowest BCUT2D eigenvalue weighted by Gasteiger charge is -2.12. The summed E-state index contributed by atoms with van der Waals surface area (Å²) in [5.74, 6) is -1.42. The minimum atomic E-state index is -1.05. The Hall–Kier alpha value is -2.97. The van der Waals surface area contributed by atoms with Crippen LogP contribution in [0.15, 0.2) is 25.0 Å². The first kappa shape index (κ1) is 14.4. The molecule has 0 amide bonds. The number of aromatic nitrogens is 4. The lowest BCUT2D eigenvalue weighted by atomic mass is 10.3. The zero-order chi connectivity index (χ0) is 15.4. The summed E-state index contributed by atoms with van der Waals surface area (Å²) < 4.78 is 10.7. The lowest BCUT2D eigenvalue weighted by molar-refractivity contribution is -0.180. The first-order valence-corrected chi connectivity index (χ1v) is 5.90. The van der Waals surface area contributed by atoms with Crippen LogP contribution in [0.1, 0.15) is 12.6 Å². The van der Waals surface area contributed by atoms with Gasteiger partial charge in [0.05, 0.1) is 12.1 Å². The van der Waals surface area contributed by atoms with Crippen LogP contribution in [0.2, 0.25) is 0 Å². The maximum absolute atomic E-state index is 11.7. The Morgan fingerprint density at radius 1 is 1.52 bits per heavy atom. The number of hydrogen-bond acceptors (Lipinski definition) is 8. The van der Waals surface area contributed by atoms with E-state index in [2.05, 4.69) is 21.6 Å². The van der Waals surface area contributed by atoms with Gasteiger partial charge in [-0.1, -0.05) is 6.58 Å². The van der Waals surface area contributed by atoms with Crippen molar-refractivity contribution in [2.45, 2.75) is 19.6 Å². The molecular formula is C12H12N4O5. The molecule has 110 valence electrons. The molecule has 9 nitrogen and oxygen atoms in total. The number of esters is 2. The molecule has 1 unspecified atom stereocenters. The van der Waals surface area contributed by atoms with Gasteiger partial charge in [0.1, 0.15) is 6.33 Å². The van der Waals surface area contributed by atoms with E-state index in [0.717, 1.165) is 10.6 Å². The topological polar surface area (TPSA) is 116 Å². The first-order valence-electron chi connectivity index (χ1n) is 5.90. The second kappa shape index (κ2) is 5.99. The van der Waals surface area contributed by atoms with Crippen molar-refractivity contribution in [3.05, 3.63) is 30.7 Å². The third-order valence-electron chi connectivity index (χ3n) is 2.36. The van der Waals surface area contributed by atoms with Crippen molar-refractivity contribution in [1.82, 2.24) is 19.6 Å². The van der Waals surface area contributed by atoms with Gasteiger partial charge in [-0.3, -0.25) is 4.79 Å². The molecule has 0 bridgehead atoms. The van der Waals surface area contributed by atoms with Gasteiger partial charge in [0.25, 0.3) is 5.78 Å². The number of carbonyl (C=O) groups excluding carboxylic acids is 2. The van der Waals surface area contributed by atoms with Crippen molar-refractivity contribution in [3.63, 3.8) is 0 Å². The van der Waals surface area contributed by atoms with Gasteiger partial charge in [-0.05, 0) is 0 Å². The normalized spacial score (nSPS) is 11.9. The fourth-order valence-electron chi connectivity index (χ4n) is 1.55. The van der Waals surface area contributed by atoms with E-state index < -0.39 is 18.2 Å². The van der Waals surface area contributed by atoms with E-state index in [1.54, 1.807) is 0 Å². The highest BCUT2D eigenvalue weighted by molar-refractivity contribution is 5.81. The largest absolute Gasteiger partial charge is 0.493 e. The smallest absolute Gasteiger partial charge is 0.333 e. The maximum Gasteiger partial charge on any atom is 0.333 e. The van der Waals surface area contributed by atoms with Crippen molar-refractivity contribution in [2.75, 3.05) is 0 Å². The van der Waals surface area contributed by atoms with Crippen molar-refractivity contribution in [2.24, 2.45) is 0 Å². The molecule has 2 aromatic heterocycles. The highest BCUT2D eigenvalue weighted by atomic mass is 16.7. The molecule has 1 atom stereocenters. The van der Waals surface area contributed by atoms with Crippen LogP contribution < -0.4 is 0 Å². The van der Waals surface area contributed by atoms with Crippen LogP contribution >= 0.6 is 0 Å². The summed E-state index contributed by atoms with van der Waals surface area (Å²) in [6, 6.07) is 1.27. The molecule has 1 N–H and O–H groups in total. The van der Waals surface area contributed by atoms with E-state index in [0.29, 0.717) is 0 Å². The molecule has 0 saturated heterocycles. The van der Waals surface area contributed by atoms with E-state index in [9.17, 15) is 14.7 Å². The zero-order valence-corrected chi connectivity index (χ0v) is 11.1. The van der Waals surface area contributed by atoms with Crippen LogP contribution in [0.25, 0.3) is 5.78 Å². The predicted molar refractivity (Wildman–Crippen MR) is 68.0 cm³/mol.